The van der Waals surface area contributed by atoms with Crippen LogP contribution in [0.2, 0.25) is 5.02 Å². The summed E-state index contributed by atoms with van der Waals surface area (Å²) in [4.78, 5) is 0. The molecule has 0 atom stereocenters. The largest absolute Gasteiger partial charge is 0.315 e. The smallest absolute Gasteiger partial charge is 0.0473 e. The molecule has 1 rings (SSSR count). The number of anilines is 1. The number of benzene rings is 1. The maximum Gasteiger partial charge on any atom is 0.0473 e. The van der Waals surface area contributed by atoms with E-state index in [1.165, 1.54) is 6.42 Å². The van der Waals surface area contributed by atoms with E-state index in [1.54, 1.807) is 0 Å². The summed E-state index contributed by atoms with van der Waals surface area (Å²) in [5, 5.41) is 3.73. The first-order chi connectivity index (χ1) is 6.83. The van der Waals surface area contributed by atoms with Crippen molar-refractivity contribution in [1.29, 1.82) is 0 Å². The summed E-state index contributed by atoms with van der Waals surface area (Å²) in [7, 11) is 0. The molecule has 0 amide bonds. The molecule has 0 saturated carbocycles. The van der Waals surface area contributed by atoms with Crippen molar-refractivity contribution in [3.63, 3.8) is 0 Å². The highest BCUT2D eigenvalue weighted by atomic mass is 35.5. The van der Waals surface area contributed by atoms with Crippen LogP contribution in [0.4, 0.5) is 5.69 Å². The first-order valence-corrected chi connectivity index (χ1v) is 5.20. The van der Waals surface area contributed by atoms with Crippen molar-refractivity contribution in [3.05, 3.63) is 29.3 Å². The lowest BCUT2D eigenvalue weighted by molar-refractivity contribution is 0.828. The van der Waals surface area contributed by atoms with Gasteiger partial charge >= 0.3 is 0 Å². The Morgan fingerprint density at radius 3 is 3.00 bits per heavy atom. The van der Waals surface area contributed by atoms with Gasteiger partial charge in [0, 0.05) is 23.2 Å². The molecule has 0 aliphatic rings. The van der Waals surface area contributed by atoms with Gasteiger partial charge in [0.05, 0.1) is 0 Å². The molecule has 0 bridgehead atoms. The molecule has 0 aliphatic carbocycles. The highest BCUT2D eigenvalue weighted by Crippen LogP contribution is 2.13. The maximum absolute atomic E-state index is 5.82. The van der Waals surface area contributed by atoms with Crippen LogP contribution >= 0.6 is 11.6 Å². The van der Waals surface area contributed by atoms with E-state index >= 15 is 0 Å². The van der Waals surface area contributed by atoms with Crippen LogP contribution in [0.25, 0.3) is 0 Å². The predicted octanol–water partition coefficient (Wildman–Crippen LogP) is 3.90. The Morgan fingerprint density at radius 1 is 1.43 bits per heavy atom. The van der Waals surface area contributed by atoms with Gasteiger partial charge in [-0.2, -0.15) is 0 Å². The van der Waals surface area contributed by atoms with E-state index in [-0.39, 0.29) is 0 Å². The quantitative estimate of drug-likeness (QED) is 0.450. The average molecular weight is 208 g/mol. The Hall–Kier alpha value is -1.13. The first kappa shape index (κ1) is 10.9. The monoisotopic (exact) mass is 207 g/mol. The van der Waals surface area contributed by atoms with Crippen LogP contribution in [0.1, 0.15) is 26.2 Å². The van der Waals surface area contributed by atoms with Gasteiger partial charge in [-0.15, -0.1) is 0 Å². The molecule has 14 heavy (non-hydrogen) atoms. The van der Waals surface area contributed by atoms with Gasteiger partial charge in [0.1, 0.15) is 0 Å². The molecular formula is C12H14ClN. The van der Waals surface area contributed by atoms with Gasteiger partial charge < -0.3 is 5.32 Å². The predicted molar refractivity (Wildman–Crippen MR) is 62.4 cm³/mol. The van der Waals surface area contributed by atoms with Crippen molar-refractivity contribution >= 4 is 17.3 Å². The Bertz CT molecular complexity index is 336. The number of hydrogen-bond donors (Lipinski definition) is 1. The minimum absolute atomic E-state index is 0.727. The third-order valence-electron chi connectivity index (χ3n) is 1.78. The molecule has 1 N–H and O–H groups in total. The van der Waals surface area contributed by atoms with E-state index in [0.717, 1.165) is 23.6 Å². The lowest BCUT2D eigenvalue weighted by Crippen LogP contribution is -1.86. The molecule has 1 nitrogen and oxygen atoms in total. The van der Waals surface area contributed by atoms with Crippen LogP contribution in [-0.2, 0) is 0 Å². The Balaban J connectivity index is 2.40. The van der Waals surface area contributed by atoms with Crippen LogP contribution in [0.5, 0.6) is 0 Å². The number of halogens is 1. The van der Waals surface area contributed by atoms with Gasteiger partial charge in [-0.3, -0.25) is 0 Å². The standard InChI is InChI=1S/C12H14ClN/c1-2-3-4-5-9-14-12-8-6-7-11(13)10-12/h6-8,10,14H,2-4H2,1H3. The van der Waals surface area contributed by atoms with E-state index in [1.807, 2.05) is 24.3 Å². The van der Waals surface area contributed by atoms with E-state index in [9.17, 15) is 0 Å². The van der Waals surface area contributed by atoms with Crippen LogP contribution in [0, 0.1) is 12.0 Å². The van der Waals surface area contributed by atoms with E-state index in [0.29, 0.717) is 0 Å². The van der Waals surface area contributed by atoms with Crippen molar-refractivity contribution in [2.24, 2.45) is 0 Å². The molecule has 0 aliphatic heterocycles. The lowest BCUT2D eigenvalue weighted by Gasteiger charge is -1.97. The number of nitrogens with one attached hydrogen (secondary N) is 1. The topological polar surface area (TPSA) is 12.0 Å². The minimum Gasteiger partial charge on any atom is -0.315 e. The second-order valence-electron chi connectivity index (χ2n) is 3.04. The Kier molecular flexibility index (Phi) is 4.96. The van der Waals surface area contributed by atoms with Crippen LogP contribution in [0.15, 0.2) is 24.3 Å². The van der Waals surface area contributed by atoms with Crippen molar-refractivity contribution in [2.45, 2.75) is 26.2 Å². The van der Waals surface area contributed by atoms with E-state index < -0.39 is 0 Å². The zero-order valence-electron chi connectivity index (χ0n) is 8.31. The fourth-order valence-corrected chi connectivity index (χ4v) is 1.20. The first-order valence-electron chi connectivity index (χ1n) is 4.82. The molecule has 0 spiro atoms. The van der Waals surface area contributed by atoms with E-state index in [2.05, 4.69) is 24.2 Å². The zero-order chi connectivity index (χ0) is 10.2. The molecule has 2 heteroatoms. The van der Waals surface area contributed by atoms with Gasteiger partial charge in [0.15, 0.2) is 0 Å². The molecule has 0 heterocycles. The fraction of sp³-hybridized carbons (Fsp3) is 0.333. The zero-order valence-corrected chi connectivity index (χ0v) is 9.06. The van der Waals surface area contributed by atoms with Gasteiger partial charge in [0.25, 0.3) is 0 Å². The third-order valence-corrected chi connectivity index (χ3v) is 2.01. The molecule has 0 radical (unpaired) electrons. The highest BCUT2D eigenvalue weighted by molar-refractivity contribution is 6.30. The molecule has 1 aromatic carbocycles. The Morgan fingerprint density at radius 2 is 2.29 bits per heavy atom. The van der Waals surface area contributed by atoms with Gasteiger partial charge in [-0.25, -0.2) is 0 Å². The molecule has 0 aromatic heterocycles. The second kappa shape index (κ2) is 6.34. The molecule has 0 saturated heterocycles. The summed E-state index contributed by atoms with van der Waals surface area (Å²) >= 11 is 5.82. The van der Waals surface area contributed by atoms with Crippen LogP contribution in [0.3, 0.4) is 0 Å². The summed E-state index contributed by atoms with van der Waals surface area (Å²) in [6.07, 6.45) is 3.29. The van der Waals surface area contributed by atoms with Gasteiger partial charge in [-0.1, -0.05) is 36.9 Å². The van der Waals surface area contributed by atoms with Crippen molar-refractivity contribution in [1.82, 2.24) is 0 Å². The Labute approximate surface area is 90.5 Å². The SMILES string of the molecule is CCCCC#CNc1cccc(Cl)c1. The molecule has 0 unspecified atom stereocenters. The van der Waals surface area contributed by atoms with Crippen LogP contribution in [-0.4, -0.2) is 0 Å². The number of hydrogen-bond acceptors (Lipinski definition) is 1. The third kappa shape index (κ3) is 4.20. The highest BCUT2D eigenvalue weighted by Gasteiger charge is 1.88. The van der Waals surface area contributed by atoms with Crippen LogP contribution < -0.4 is 5.32 Å². The normalized spacial score (nSPS) is 9.00. The number of rotatable bonds is 3. The molecule has 0 fully saturated rings. The van der Waals surface area contributed by atoms with E-state index in [4.69, 9.17) is 11.6 Å². The summed E-state index contributed by atoms with van der Waals surface area (Å²) in [5.41, 5.74) is 0.946. The fourth-order valence-electron chi connectivity index (χ4n) is 1.01. The number of unbranched alkanes of at least 4 members (excludes halogenated alkanes) is 2. The van der Waals surface area contributed by atoms with Gasteiger partial charge in [0.2, 0.25) is 0 Å². The summed E-state index contributed by atoms with van der Waals surface area (Å²) in [6.45, 7) is 2.16. The van der Waals surface area contributed by atoms with Gasteiger partial charge in [-0.05, 0) is 24.6 Å². The molecular weight excluding hydrogens is 194 g/mol. The lowest BCUT2D eigenvalue weighted by atomic mass is 10.3. The van der Waals surface area contributed by atoms with Crippen molar-refractivity contribution in [3.8, 4) is 12.0 Å². The second-order valence-corrected chi connectivity index (χ2v) is 3.48. The average Bonchev–Trinajstić information content (AvgIpc) is 2.18. The summed E-state index contributed by atoms with van der Waals surface area (Å²) < 4.78 is 0. The minimum atomic E-state index is 0.727. The maximum atomic E-state index is 5.82. The molecule has 1 aromatic rings. The summed E-state index contributed by atoms with van der Waals surface area (Å²) in [6, 6.07) is 10.5. The molecule has 74 valence electrons. The van der Waals surface area contributed by atoms with Crippen molar-refractivity contribution < 1.29 is 0 Å². The van der Waals surface area contributed by atoms with Crippen molar-refractivity contribution in [2.75, 3.05) is 5.32 Å². The summed E-state index contributed by atoms with van der Waals surface area (Å²) in [5.74, 6) is 3.05.